The van der Waals surface area contributed by atoms with Crippen molar-refractivity contribution < 1.29 is 0 Å². The highest BCUT2D eigenvalue weighted by Crippen LogP contribution is 2.51. The maximum Gasteiger partial charge on any atom is -0.00759 e. The van der Waals surface area contributed by atoms with E-state index in [0.29, 0.717) is 5.41 Å². The third-order valence-electron chi connectivity index (χ3n) is 4.43. The lowest BCUT2D eigenvalue weighted by atomic mass is 9.79. The van der Waals surface area contributed by atoms with Crippen LogP contribution in [-0.4, -0.2) is 0 Å². The van der Waals surface area contributed by atoms with E-state index < -0.39 is 0 Å². The predicted octanol–water partition coefficient (Wildman–Crippen LogP) is 4.87. The van der Waals surface area contributed by atoms with Gasteiger partial charge in [0, 0.05) is 0 Å². The Morgan fingerprint density at radius 2 is 1.93 bits per heavy atom. The molecule has 0 aromatic heterocycles. The zero-order chi connectivity index (χ0) is 11.1. The molecule has 2 aliphatic carbocycles. The Hall–Kier alpha value is -0.520. The van der Waals surface area contributed by atoms with Crippen molar-refractivity contribution in [1.29, 1.82) is 0 Å². The molecule has 0 heteroatoms. The van der Waals surface area contributed by atoms with Crippen LogP contribution in [0.1, 0.15) is 59.8 Å². The molecule has 15 heavy (non-hydrogen) atoms. The van der Waals surface area contributed by atoms with E-state index in [2.05, 4.69) is 33.8 Å². The van der Waals surface area contributed by atoms with Crippen LogP contribution < -0.4 is 0 Å². The van der Waals surface area contributed by atoms with Gasteiger partial charge in [-0.3, -0.25) is 0 Å². The molecule has 0 bridgehead atoms. The van der Waals surface area contributed by atoms with Crippen LogP contribution in [-0.2, 0) is 0 Å². The van der Waals surface area contributed by atoms with Gasteiger partial charge in [0.2, 0.25) is 0 Å². The summed E-state index contributed by atoms with van der Waals surface area (Å²) in [5, 5.41) is 0. The van der Waals surface area contributed by atoms with E-state index in [-0.39, 0.29) is 0 Å². The highest BCUT2D eigenvalue weighted by Gasteiger charge is 2.36. The van der Waals surface area contributed by atoms with Crippen molar-refractivity contribution in [2.24, 2.45) is 11.3 Å². The number of fused-ring (bicyclic) bond motifs is 1. The molecule has 0 aromatic carbocycles. The second kappa shape index (κ2) is 3.81. The Bertz CT molecular complexity index is 317. The molecule has 0 fully saturated rings. The first kappa shape index (κ1) is 11.0. The fourth-order valence-electron chi connectivity index (χ4n) is 3.25. The summed E-state index contributed by atoms with van der Waals surface area (Å²) < 4.78 is 0. The summed E-state index contributed by atoms with van der Waals surface area (Å²) in [5.41, 5.74) is 5.70. The van der Waals surface area contributed by atoms with E-state index in [4.69, 9.17) is 0 Å². The largest absolute Gasteiger partial charge is 0.0847 e. The number of hydrogen-bond acceptors (Lipinski definition) is 0. The SMILES string of the molecule is CC1=CC[C@@]2(C)CCC(C(C)C)=C2CC1. The summed E-state index contributed by atoms with van der Waals surface area (Å²) in [6.07, 6.45) is 9.13. The minimum absolute atomic E-state index is 0.511. The van der Waals surface area contributed by atoms with Crippen LogP contribution in [0.25, 0.3) is 0 Å². The summed E-state index contributed by atoms with van der Waals surface area (Å²) in [4.78, 5) is 0. The van der Waals surface area contributed by atoms with Gasteiger partial charge in [-0.15, -0.1) is 0 Å². The van der Waals surface area contributed by atoms with Gasteiger partial charge in [0.15, 0.2) is 0 Å². The summed E-state index contributed by atoms with van der Waals surface area (Å²) in [5.74, 6) is 0.764. The minimum atomic E-state index is 0.511. The normalized spacial score (nSPS) is 31.7. The van der Waals surface area contributed by atoms with Gasteiger partial charge in [0.25, 0.3) is 0 Å². The van der Waals surface area contributed by atoms with Gasteiger partial charge in [-0.1, -0.05) is 43.6 Å². The molecular weight excluding hydrogens is 180 g/mol. The number of allylic oxidation sites excluding steroid dienone is 4. The fourth-order valence-corrected chi connectivity index (χ4v) is 3.25. The van der Waals surface area contributed by atoms with Crippen LogP contribution in [0.15, 0.2) is 22.8 Å². The van der Waals surface area contributed by atoms with Crippen molar-refractivity contribution in [3.63, 3.8) is 0 Å². The molecule has 0 saturated carbocycles. The van der Waals surface area contributed by atoms with E-state index >= 15 is 0 Å². The fraction of sp³-hybridized carbons (Fsp3) is 0.733. The molecular formula is C15H24. The van der Waals surface area contributed by atoms with Crippen LogP contribution >= 0.6 is 0 Å². The Labute approximate surface area is 94.5 Å². The lowest BCUT2D eigenvalue weighted by molar-refractivity contribution is 0.393. The topological polar surface area (TPSA) is 0 Å². The quantitative estimate of drug-likeness (QED) is 0.535. The van der Waals surface area contributed by atoms with Crippen molar-refractivity contribution in [3.8, 4) is 0 Å². The Morgan fingerprint density at radius 1 is 1.20 bits per heavy atom. The molecule has 0 saturated heterocycles. The molecule has 0 aliphatic heterocycles. The molecule has 84 valence electrons. The Balaban J connectivity index is 2.34. The van der Waals surface area contributed by atoms with E-state index in [0.717, 1.165) is 5.92 Å². The van der Waals surface area contributed by atoms with Gasteiger partial charge in [-0.25, -0.2) is 0 Å². The molecule has 1 atom stereocenters. The standard InChI is InChI=1S/C15H24/c1-11(2)13-8-10-15(4)9-7-12(3)5-6-14(13)15/h7,11H,5-6,8-10H2,1-4H3/t15-/m0/s1. The van der Waals surface area contributed by atoms with Gasteiger partial charge in [0.1, 0.15) is 0 Å². The summed E-state index contributed by atoms with van der Waals surface area (Å²) in [6, 6.07) is 0. The summed E-state index contributed by atoms with van der Waals surface area (Å²) >= 11 is 0. The first-order valence-corrected chi connectivity index (χ1v) is 6.41. The van der Waals surface area contributed by atoms with Gasteiger partial charge in [0.05, 0.1) is 0 Å². The van der Waals surface area contributed by atoms with Crippen molar-refractivity contribution in [2.45, 2.75) is 59.8 Å². The van der Waals surface area contributed by atoms with Crippen LogP contribution in [0, 0.1) is 11.3 Å². The first-order chi connectivity index (χ1) is 7.03. The van der Waals surface area contributed by atoms with E-state index in [1.807, 2.05) is 5.57 Å². The Kier molecular flexibility index (Phi) is 2.79. The van der Waals surface area contributed by atoms with Crippen molar-refractivity contribution in [3.05, 3.63) is 22.8 Å². The van der Waals surface area contributed by atoms with Crippen LogP contribution in [0.4, 0.5) is 0 Å². The maximum atomic E-state index is 2.48. The molecule has 0 N–H and O–H groups in total. The van der Waals surface area contributed by atoms with E-state index in [1.54, 1.807) is 11.1 Å². The maximum absolute atomic E-state index is 2.48. The third kappa shape index (κ3) is 1.91. The van der Waals surface area contributed by atoms with Crippen LogP contribution in [0.5, 0.6) is 0 Å². The molecule has 0 heterocycles. The predicted molar refractivity (Wildman–Crippen MR) is 66.8 cm³/mol. The number of rotatable bonds is 1. The number of hydrogen-bond donors (Lipinski definition) is 0. The van der Waals surface area contributed by atoms with Gasteiger partial charge < -0.3 is 0 Å². The molecule has 0 aromatic rings. The van der Waals surface area contributed by atoms with Crippen molar-refractivity contribution in [2.75, 3.05) is 0 Å². The average Bonchev–Trinajstić information content (AvgIpc) is 2.43. The van der Waals surface area contributed by atoms with Crippen molar-refractivity contribution in [1.82, 2.24) is 0 Å². The van der Waals surface area contributed by atoms with Gasteiger partial charge in [-0.2, -0.15) is 0 Å². The lowest BCUT2D eigenvalue weighted by Crippen LogP contribution is -2.14. The zero-order valence-corrected chi connectivity index (χ0v) is 10.7. The van der Waals surface area contributed by atoms with E-state index in [9.17, 15) is 0 Å². The minimum Gasteiger partial charge on any atom is -0.0847 e. The molecule has 2 rings (SSSR count). The smallest absolute Gasteiger partial charge is 0.00759 e. The third-order valence-corrected chi connectivity index (χ3v) is 4.43. The molecule has 0 spiro atoms. The zero-order valence-electron chi connectivity index (χ0n) is 10.7. The average molecular weight is 204 g/mol. The molecule has 0 nitrogen and oxygen atoms in total. The molecule has 2 aliphatic rings. The van der Waals surface area contributed by atoms with Gasteiger partial charge in [-0.05, 0) is 50.4 Å². The van der Waals surface area contributed by atoms with Gasteiger partial charge >= 0.3 is 0 Å². The second-order valence-electron chi connectivity index (χ2n) is 5.97. The highest BCUT2D eigenvalue weighted by atomic mass is 14.4. The highest BCUT2D eigenvalue weighted by molar-refractivity contribution is 5.32. The second-order valence-corrected chi connectivity index (χ2v) is 5.97. The van der Waals surface area contributed by atoms with Crippen LogP contribution in [0.2, 0.25) is 0 Å². The molecule has 0 unspecified atom stereocenters. The molecule has 0 radical (unpaired) electrons. The van der Waals surface area contributed by atoms with Crippen molar-refractivity contribution >= 4 is 0 Å². The monoisotopic (exact) mass is 204 g/mol. The Morgan fingerprint density at radius 3 is 2.60 bits per heavy atom. The summed E-state index contributed by atoms with van der Waals surface area (Å²) in [7, 11) is 0. The first-order valence-electron chi connectivity index (χ1n) is 6.41. The molecule has 0 amide bonds. The van der Waals surface area contributed by atoms with Crippen LogP contribution in [0.3, 0.4) is 0 Å². The van der Waals surface area contributed by atoms with E-state index in [1.165, 1.54) is 32.1 Å². The lowest BCUT2D eigenvalue weighted by Gasteiger charge is -2.26. The summed E-state index contributed by atoms with van der Waals surface area (Å²) in [6.45, 7) is 9.49.